The Morgan fingerprint density at radius 2 is 2.00 bits per heavy atom. The molecule has 1 aliphatic heterocycles. The number of nitriles is 1. The van der Waals surface area contributed by atoms with Crippen LogP contribution in [0, 0.1) is 11.3 Å². The van der Waals surface area contributed by atoms with E-state index in [2.05, 4.69) is 11.4 Å². The second kappa shape index (κ2) is 6.10. The maximum absolute atomic E-state index is 12.6. The molecule has 6 nitrogen and oxygen atoms in total. The van der Waals surface area contributed by atoms with Crippen molar-refractivity contribution < 1.29 is 13.2 Å². The largest absolute Gasteiger partial charge is 0.334 e. The number of fused-ring (bicyclic) bond motifs is 1. The van der Waals surface area contributed by atoms with Crippen molar-refractivity contribution >= 4 is 21.6 Å². The van der Waals surface area contributed by atoms with E-state index in [9.17, 15) is 18.5 Å². The van der Waals surface area contributed by atoms with Gasteiger partial charge in [0.15, 0.2) is 0 Å². The first-order valence-corrected chi connectivity index (χ1v) is 10.0. The molecular formula is C17H21N3O3S. The Morgan fingerprint density at radius 3 is 2.62 bits per heavy atom. The van der Waals surface area contributed by atoms with Gasteiger partial charge in [-0.25, -0.2) is 8.42 Å². The molecule has 0 aromatic heterocycles. The highest BCUT2D eigenvalue weighted by Crippen LogP contribution is 2.32. The summed E-state index contributed by atoms with van der Waals surface area (Å²) in [5.41, 5.74) is 1.20. The molecule has 24 heavy (non-hydrogen) atoms. The zero-order valence-corrected chi connectivity index (χ0v) is 14.5. The maximum atomic E-state index is 12.6. The number of amides is 1. The Labute approximate surface area is 142 Å². The van der Waals surface area contributed by atoms with E-state index in [0.717, 1.165) is 24.8 Å². The van der Waals surface area contributed by atoms with Crippen molar-refractivity contribution in [2.24, 2.45) is 0 Å². The lowest BCUT2D eigenvalue weighted by molar-refractivity contribution is 0.0902. The van der Waals surface area contributed by atoms with Crippen molar-refractivity contribution in [2.45, 2.75) is 44.1 Å². The smallest absolute Gasteiger partial charge is 0.252 e. The van der Waals surface area contributed by atoms with Crippen LogP contribution in [0.2, 0.25) is 0 Å². The van der Waals surface area contributed by atoms with Gasteiger partial charge < -0.3 is 5.32 Å². The lowest BCUT2D eigenvalue weighted by Crippen LogP contribution is -2.48. The van der Waals surface area contributed by atoms with Gasteiger partial charge in [0.2, 0.25) is 10.0 Å². The third kappa shape index (κ3) is 3.11. The Morgan fingerprint density at radius 1 is 1.29 bits per heavy atom. The summed E-state index contributed by atoms with van der Waals surface area (Å²) in [5.74, 6) is -0.265. The molecule has 1 amide bonds. The first-order chi connectivity index (χ1) is 11.3. The zero-order chi connectivity index (χ0) is 17.4. The number of carbonyl (C=O) groups excluding carboxylic acids is 1. The van der Waals surface area contributed by atoms with Crippen molar-refractivity contribution in [1.82, 2.24) is 5.32 Å². The van der Waals surface area contributed by atoms with Crippen molar-refractivity contribution in [3.05, 3.63) is 29.3 Å². The fourth-order valence-electron chi connectivity index (χ4n) is 3.57. The predicted octanol–water partition coefficient (Wildman–Crippen LogP) is 1.96. The monoisotopic (exact) mass is 347 g/mol. The predicted molar refractivity (Wildman–Crippen MR) is 91.2 cm³/mol. The minimum Gasteiger partial charge on any atom is -0.334 e. The van der Waals surface area contributed by atoms with E-state index < -0.39 is 15.6 Å². The van der Waals surface area contributed by atoms with E-state index in [1.807, 2.05) is 0 Å². The number of benzene rings is 1. The summed E-state index contributed by atoms with van der Waals surface area (Å²) in [6, 6.07) is 7.33. The highest BCUT2D eigenvalue weighted by molar-refractivity contribution is 7.92. The second-order valence-corrected chi connectivity index (χ2v) is 8.54. The van der Waals surface area contributed by atoms with Crippen LogP contribution in [-0.2, 0) is 16.4 Å². The molecular weight excluding hydrogens is 326 g/mol. The van der Waals surface area contributed by atoms with Gasteiger partial charge in [-0.15, -0.1) is 0 Å². The number of anilines is 1. The minimum atomic E-state index is -3.30. The molecule has 1 saturated carbocycles. The van der Waals surface area contributed by atoms with Crippen LogP contribution in [0.4, 0.5) is 5.69 Å². The average Bonchev–Trinajstić information content (AvgIpc) is 2.99. The molecule has 0 spiro atoms. The molecule has 1 aromatic rings. The molecule has 1 N–H and O–H groups in total. The van der Waals surface area contributed by atoms with Gasteiger partial charge in [-0.3, -0.25) is 9.10 Å². The van der Waals surface area contributed by atoms with Crippen LogP contribution in [-0.4, -0.2) is 32.7 Å². The van der Waals surface area contributed by atoms with E-state index in [-0.39, 0.29) is 5.91 Å². The maximum Gasteiger partial charge on any atom is 0.252 e. The Balaban J connectivity index is 1.82. The van der Waals surface area contributed by atoms with E-state index in [4.69, 9.17) is 0 Å². The van der Waals surface area contributed by atoms with Crippen LogP contribution in [0.25, 0.3) is 0 Å². The van der Waals surface area contributed by atoms with Crippen molar-refractivity contribution in [2.75, 3.05) is 17.1 Å². The second-order valence-electron chi connectivity index (χ2n) is 6.64. The van der Waals surface area contributed by atoms with Gasteiger partial charge in [0.25, 0.3) is 5.91 Å². The molecule has 1 heterocycles. The van der Waals surface area contributed by atoms with Gasteiger partial charge in [-0.1, -0.05) is 19.3 Å². The molecule has 0 radical (unpaired) electrons. The Bertz CT molecular complexity index is 805. The van der Waals surface area contributed by atoms with Crippen molar-refractivity contribution in [3.63, 3.8) is 0 Å². The number of sulfonamides is 1. The average molecular weight is 347 g/mol. The summed E-state index contributed by atoms with van der Waals surface area (Å²) in [7, 11) is -3.30. The van der Waals surface area contributed by atoms with Crippen LogP contribution in [0.15, 0.2) is 18.2 Å². The number of hydrogen-bond acceptors (Lipinski definition) is 4. The first-order valence-electron chi connectivity index (χ1n) is 8.19. The highest BCUT2D eigenvalue weighted by Gasteiger charge is 2.34. The third-order valence-electron chi connectivity index (χ3n) is 4.87. The SMILES string of the molecule is CS(=O)(=O)N1CCc2cc(C(=O)NC3(C#N)CCCCC3)ccc21. The molecule has 1 aliphatic carbocycles. The zero-order valence-electron chi connectivity index (χ0n) is 13.7. The van der Waals surface area contributed by atoms with Crippen molar-refractivity contribution in [3.8, 4) is 6.07 Å². The van der Waals surface area contributed by atoms with Gasteiger partial charge in [0.1, 0.15) is 5.54 Å². The van der Waals surface area contributed by atoms with E-state index >= 15 is 0 Å². The highest BCUT2D eigenvalue weighted by atomic mass is 32.2. The molecule has 3 rings (SSSR count). The third-order valence-corrected chi connectivity index (χ3v) is 6.05. The first kappa shape index (κ1) is 16.8. The molecule has 0 bridgehead atoms. The summed E-state index contributed by atoms with van der Waals surface area (Å²) in [6.07, 6.45) is 6.13. The van der Waals surface area contributed by atoms with Crippen LogP contribution in [0.3, 0.4) is 0 Å². The van der Waals surface area contributed by atoms with Crippen LogP contribution < -0.4 is 9.62 Å². The Kier molecular flexibility index (Phi) is 4.26. The fourth-order valence-corrected chi connectivity index (χ4v) is 4.53. The van der Waals surface area contributed by atoms with Crippen LogP contribution in [0.1, 0.15) is 48.0 Å². The van der Waals surface area contributed by atoms with Gasteiger partial charge in [0, 0.05) is 12.1 Å². The number of rotatable bonds is 3. The van der Waals surface area contributed by atoms with Gasteiger partial charge >= 0.3 is 0 Å². The number of hydrogen-bond donors (Lipinski definition) is 1. The Hall–Kier alpha value is -2.07. The van der Waals surface area contributed by atoms with Gasteiger partial charge in [-0.2, -0.15) is 5.26 Å². The quantitative estimate of drug-likeness (QED) is 0.905. The van der Waals surface area contributed by atoms with Gasteiger partial charge in [0.05, 0.1) is 18.0 Å². The summed E-state index contributed by atoms with van der Waals surface area (Å²) >= 11 is 0. The van der Waals surface area contributed by atoms with Crippen molar-refractivity contribution in [1.29, 1.82) is 5.26 Å². The molecule has 128 valence electrons. The standard InChI is InChI=1S/C17H21N3O3S/c1-24(22,23)20-10-7-13-11-14(5-6-15(13)20)16(21)19-17(12-18)8-3-2-4-9-17/h5-6,11H,2-4,7-10H2,1H3,(H,19,21). The van der Waals surface area contributed by atoms with E-state index in [1.165, 1.54) is 10.6 Å². The summed E-state index contributed by atoms with van der Waals surface area (Å²) in [4.78, 5) is 12.6. The summed E-state index contributed by atoms with van der Waals surface area (Å²) in [6.45, 7) is 0.404. The number of nitrogens with zero attached hydrogens (tertiary/aromatic N) is 2. The van der Waals surface area contributed by atoms with Crippen LogP contribution in [0.5, 0.6) is 0 Å². The molecule has 1 fully saturated rings. The van der Waals surface area contributed by atoms with E-state index in [1.54, 1.807) is 18.2 Å². The molecule has 0 unspecified atom stereocenters. The fraction of sp³-hybridized carbons (Fsp3) is 0.529. The van der Waals surface area contributed by atoms with Crippen LogP contribution >= 0.6 is 0 Å². The number of nitrogens with one attached hydrogen (secondary N) is 1. The molecule has 2 aliphatic rings. The number of carbonyl (C=O) groups is 1. The normalized spacial score (nSPS) is 19.4. The van der Waals surface area contributed by atoms with E-state index in [0.29, 0.717) is 37.1 Å². The minimum absolute atomic E-state index is 0.265. The lowest BCUT2D eigenvalue weighted by Gasteiger charge is -2.31. The molecule has 1 aromatic carbocycles. The summed E-state index contributed by atoms with van der Waals surface area (Å²) in [5, 5.41) is 12.4. The topological polar surface area (TPSA) is 90.3 Å². The molecule has 0 saturated heterocycles. The molecule has 0 atom stereocenters. The molecule has 7 heteroatoms. The summed E-state index contributed by atoms with van der Waals surface area (Å²) < 4.78 is 24.9. The van der Waals surface area contributed by atoms with Gasteiger partial charge in [-0.05, 0) is 43.0 Å². The lowest BCUT2D eigenvalue weighted by atomic mass is 9.82.